The van der Waals surface area contributed by atoms with Crippen molar-refractivity contribution in [3.63, 3.8) is 0 Å². The molecule has 16 N–H and O–H groups in total. The second kappa shape index (κ2) is 133. The van der Waals surface area contributed by atoms with Gasteiger partial charge in [0.15, 0.2) is 0 Å². The first-order chi connectivity index (χ1) is 33.0. The fourth-order valence-electron chi connectivity index (χ4n) is 0.963. The minimum atomic E-state index is -0.500. The fourth-order valence-corrected chi connectivity index (χ4v) is 0.963. The molecule has 0 aliphatic rings. The average Bonchev–Trinajstić information content (AvgIpc) is 3.14. The van der Waals surface area contributed by atoms with E-state index in [4.69, 9.17) is 71.5 Å². The van der Waals surface area contributed by atoms with Gasteiger partial charge in [-0.3, -0.25) is 4.79 Å². The number of aliphatic hydroxyl groups is 15. The predicted molar refractivity (Wildman–Crippen MR) is 325 cm³/mol. The molecular formula is C57H143N2Nb6O16Ta6. The van der Waals surface area contributed by atoms with Crippen molar-refractivity contribution in [1.82, 2.24) is 9.80 Å². The van der Waals surface area contributed by atoms with Crippen LogP contribution in [0.3, 0.4) is 0 Å². The molecule has 0 unspecified atom stereocenters. The van der Waals surface area contributed by atoms with Gasteiger partial charge in [-0.15, -0.1) is 0 Å². The van der Waals surface area contributed by atoms with Crippen molar-refractivity contribution < 1.29 is 350 Å². The van der Waals surface area contributed by atoms with E-state index in [-0.39, 0.29) is 349 Å². The summed E-state index contributed by atoms with van der Waals surface area (Å²) in [5, 5.41) is 123. The topological polar surface area (TPSA) is 331 Å². The standard InChI is InChI=1S/C11H20O2.2C5H12O.2C4H11NO.3C4H10O.2C3H8O.5C2H6O.6Nb.6Ta/c1-10(2,3)8(12)7-9(13)11(4,5)6;2*1-4-5(2,3)6;2*1-5(2)3-4-6;2*1-4(2,3)5;1-4(2)3-5;2*1-3(2)4;5*1-2-3;;;;;;;;;;;;/h7,12H,1-6H3;2*6H,4H2,1-3H3;2*6H,3-4H2,1-2H3;2*5H,1-3H3;4-5H,3H2,1-2H3;2*3-4H,1-2H3;5*3H,2H2,1H3;;;;;;;;;;;;/q;;;;;;;;;;;;;;;;;;;;-1;;;;;;/p+1. The van der Waals surface area contributed by atoms with Crippen LogP contribution in [0.15, 0.2) is 11.8 Å². The molecular weight excluding hydrogens is 2610 g/mol. The van der Waals surface area contributed by atoms with Crippen LogP contribution < -0.4 is 0 Å². The monoisotopic (exact) mass is 2760 g/mol. The normalized spacial score (nSPS) is 8.99. The van der Waals surface area contributed by atoms with Crippen molar-refractivity contribution in [1.29, 1.82) is 0 Å². The molecule has 18 nitrogen and oxygen atoms in total. The van der Waals surface area contributed by atoms with E-state index in [1.165, 1.54) is 6.08 Å². The van der Waals surface area contributed by atoms with E-state index in [1.54, 1.807) is 132 Å². The third-order valence-electron chi connectivity index (χ3n) is 5.00. The summed E-state index contributed by atoms with van der Waals surface area (Å²) in [6.07, 6.45) is 2.76. The van der Waals surface area contributed by atoms with Gasteiger partial charge in [-0.25, -0.2) is 0 Å². The molecule has 0 saturated heterocycles. The number of hydrogen-bond acceptors (Lipinski definition) is 17. The molecule has 0 rings (SSSR count). The SMILES string of the molecule is CC(C)(C)C(=[OH+])C=C(O)C(C)(C)C.CC(C)(C)O.CC(C)(C)O.CC(C)CO.CC(C)O.CC(C)O.CCC(C)(C)O.CCC(C)(C)O.CCO.CCO.CCO.CCO.CCO.CN(C)CCO.CN(C)CCO.[Nb-].[Nb].[Nb].[Nb].[Nb].[Nb].[Ta].[Ta].[Ta].[Ta].[Ta].[Ta]. The van der Waals surface area contributed by atoms with Crippen molar-refractivity contribution in [3.05, 3.63) is 11.8 Å². The summed E-state index contributed by atoms with van der Waals surface area (Å²) in [5.74, 6) is 0.856. The molecule has 0 saturated carbocycles. The number of likely N-dealkylation sites (N-methyl/N-ethyl adjacent to an activating group) is 2. The zero-order valence-corrected chi connectivity index (χ0v) is 93.7. The van der Waals surface area contributed by atoms with E-state index in [0.717, 1.165) is 25.9 Å². The minimum Gasteiger partial charge on any atom is -1.00 e. The zero-order chi connectivity index (χ0) is 65.2. The van der Waals surface area contributed by atoms with Crippen LogP contribution >= 0.6 is 0 Å². The molecule has 0 amide bonds. The third-order valence-corrected chi connectivity index (χ3v) is 5.00. The Labute approximate surface area is 726 Å². The molecule has 0 aromatic carbocycles. The fraction of sp³-hybridized carbons (Fsp3) is 0.947. The first-order valence-corrected chi connectivity index (χ1v) is 26.4. The minimum absolute atomic E-state index is 0. The Morgan fingerprint density at radius 1 is 0.402 bits per heavy atom. The van der Waals surface area contributed by atoms with Crippen LogP contribution in [0.5, 0.6) is 0 Å². The number of aliphatic hydroxyl groups excluding tert-OH is 11. The van der Waals surface area contributed by atoms with Crippen LogP contribution in [0.25, 0.3) is 0 Å². The Morgan fingerprint density at radius 3 is 0.552 bits per heavy atom. The Morgan fingerprint density at radius 2 is 0.517 bits per heavy atom. The molecule has 11 radical (unpaired) electrons. The van der Waals surface area contributed by atoms with Crippen molar-refractivity contribution in [2.75, 3.05) is 94.1 Å². The van der Waals surface area contributed by atoms with E-state index in [9.17, 15) is 9.90 Å². The molecule has 87 heavy (non-hydrogen) atoms. The van der Waals surface area contributed by atoms with Gasteiger partial charge in [0.2, 0.25) is 0 Å². The molecule has 0 aromatic heterocycles. The second-order valence-electron chi connectivity index (χ2n) is 22.5. The molecule has 0 heterocycles. The molecule has 0 bridgehead atoms. The van der Waals surface area contributed by atoms with Crippen LogP contribution in [-0.2, 0) is 269 Å². The first kappa shape index (κ1) is 181. The molecule has 0 fully saturated rings. The summed E-state index contributed by atoms with van der Waals surface area (Å²) in [6.45, 7) is 55.8. The number of nitrogens with zero attached hydrogens (tertiary/aromatic N) is 2. The summed E-state index contributed by atoms with van der Waals surface area (Å²) in [5.41, 5.74) is -2.53. The van der Waals surface area contributed by atoms with Gasteiger partial charge in [0, 0.05) is 317 Å². The summed E-state index contributed by atoms with van der Waals surface area (Å²) in [6, 6.07) is 0. The van der Waals surface area contributed by atoms with Gasteiger partial charge in [-0.05, 0) is 199 Å². The average molecular weight is 2760 g/mol. The van der Waals surface area contributed by atoms with E-state index in [2.05, 4.69) is 0 Å². The molecule has 0 aromatic rings. The van der Waals surface area contributed by atoms with Crippen LogP contribution in [0, 0.1) is 16.7 Å². The van der Waals surface area contributed by atoms with Gasteiger partial charge in [-0.1, -0.05) is 48.5 Å². The number of rotatable bonds is 8. The van der Waals surface area contributed by atoms with E-state index < -0.39 is 22.4 Å². The number of hydrogen-bond donors (Lipinski definition) is 15. The Kier molecular flexibility index (Phi) is 277. The summed E-state index contributed by atoms with van der Waals surface area (Å²) < 4.78 is 0. The van der Waals surface area contributed by atoms with Gasteiger partial charge in [0.25, 0.3) is 0 Å². The Balaban J connectivity index is -0.0000000179. The van der Waals surface area contributed by atoms with Crippen LogP contribution in [0.2, 0.25) is 0 Å². The largest absolute Gasteiger partial charge is 1.00 e. The Bertz CT molecular complexity index is 948. The second-order valence-corrected chi connectivity index (χ2v) is 22.5. The van der Waals surface area contributed by atoms with E-state index in [1.807, 2.05) is 107 Å². The van der Waals surface area contributed by atoms with Gasteiger partial charge in [-0.2, -0.15) is 0 Å². The smallest absolute Gasteiger partial charge is 0.325 e. The molecule has 537 valence electrons. The van der Waals surface area contributed by atoms with E-state index in [0.29, 0.717) is 12.5 Å². The number of carbonyl (C=O) groups excluding carboxylic acids is 1. The van der Waals surface area contributed by atoms with Crippen molar-refractivity contribution >= 4 is 5.78 Å². The molecule has 30 heteroatoms. The van der Waals surface area contributed by atoms with E-state index >= 15 is 0 Å². The van der Waals surface area contributed by atoms with Crippen LogP contribution in [0.4, 0.5) is 0 Å². The van der Waals surface area contributed by atoms with Gasteiger partial charge in [0.1, 0.15) is 5.76 Å². The van der Waals surface area contributed by atoms with Gasteiger partial charge >= 0.3 is 5.78 Å². The van der Waals surface area contributed by atoms with Crippen LogP contribution in [0.1, 0.15) is 214 Å². The van der Waals surface area contributed by atoms with Crippen LogP contribution in [-0.4, -0.2) is 226 Å². The van der Waals surface area contributed by atoms with Gasteiger partial charge in [0.05, 0.1) is 47.1 Å². The third kappa shape index (κ3) is 557. The zero-order valence-electron chi connectivity index (χ0n) is 61.2. The van der Waals surface area contributed by atoms with Gasteiger partial charge < -0.3 is 109 Å². The molecule has 0 spiro atoms. The molecule has 0 aliphatic heterocycles. The maximum atomic E-state index is 9.60. The molecule has 0 atom stereocenters. The summed E-state index contributed by atoms with van der Waals surface area (Å²) >= 11 is 0. The van der Waals surface area contributed by atoms with Crippen molar-refractivity contribution in [2.45, 2.75) is 248 Å². The summed E-state index contributed by atoms with van der Waals surface area (Å²) in [4.78, 5) is 13.5. The first-order valence-electron chi connectivity index (χ1n) is 26.4. The van der Waals surface area contributed by atoms with Crippen molar-refractivity contribution in [2.24, 2.45) is 16.7 Å². The summed E-state index contributed by atoms with van der Waals surface area (Å²) in [7, 11) is 7.71. The predicted octanol–water partition coefficient (Wildman–Crippen LogP) is 7.41. The van der Waals surface area contributed by atoms with Crippen molar-refractivity contribution in [3.8, 4) is 0 Å². The Hall–Kier alpha value is 7.45. The maximum absolute atomic E-state index is 9.60. The number of allylic oxidation sites excluding steroid dienone is 2. The quantitative estimate of drug-likeness (QED) is 0.0487. The molecule has 0 aliphatic carbocycles. The maximum Gasteiger partial charge on any atom is 0.325 e. The number of ketones is 1.